The van der Waals surface area contributed by atoms with Crippen LogP contribution in [0.15, 0.2) is 22.7 Å². The lowest BCUT2D eigenvalue weighted by molar-refractivity contribution is -0.143. The third-order valence-corrected chi connectivity index (χ3v) is 4.62. The van der Waals surface area contributed by atoms with E-state index >= 15 is 0 Å². The fourth-order valence-electron chi connectivity index (χ4n) is 2.53. The van der Waals surface area contributed by atoms with Gasteiger partial charge in [0.15, 0.2) is 0 Å². The van der Waals surface area contributed by atoms with E-state index < -0.39 is 5.97 Å². The number of carbonyl (C=O) groups is 1. The second-order valence-electron chi connectivity index (χ2n) is 5.02. The lowest BCUT2D eigenvalue weighted by atomic mass is 9.86. The van der Waals surface area contributed by atoms with Crippen molar-refractivity contribution >= 4 is 33.5 Å². The number of carboxylic acids is 1. The van der Waals surface area contributed by atoms with Crippen LogP contribution < -0.4 is 5.32 Å². The minimum Gasteiger partial charge on any atom is -0.481 e. The Bertz CT molecular complexity index is 467. The molecule has 1 saturated carbocycles. The first-order valence-electron chi connectivity index (χ1n) is 6.46. The zero-order valence-corrected chi connectivity index (χ0v) is 12.9. The van der Waals surface area contributed by atoms with Crippen molar-refractivity contribution < 1.29 is 9.90 Å². The van der Waals surface area contributed by atoms with Gasteiger partial charge in [-0.2, -0.15) is 0 Å². The maximum absolute atomic E-state index is 11.0. The Morgan fingerprint density at radius 1 is 1.47 bits per heavy atom. The van der Waals surface area contributed by atoms with Crippen LogP contribution in [-0.4, -0.2) is 17.1 Å². The third kappa shape index (κ3) is 4.20. The normalized spacial score (nSPS) is 23.3. The summed E-state index contributed by atoms with van der Waals surface area (Å²) < 4.78 is 1.02. The highest BCUT2D eigenvalue weighted by molar-refractivity contribution is 9.10. The lowest BCUT2D eigenvalue weighted by Crippen LogP contribution is -2.36. The molecule has 2 atom stereocenters. The van der Waals surface area contributed by atoms with Crippen LogP contribution in [0.2, 0.25) is 5.02 Å². The van der Waals surface area contributed by atoms with Crippen LogP contribution in [0.3, 0.4) is 0 Å². The predicted molar refractivity (Wildman–Crippen MR) is 79.4 cm³/mol. The van der Waals surface area contributed by atoms with Crippen molar-refractivity contribution in [3.63, 3.8) is 0 Å². The van der Waals surface area contributed by atoms with Gasteiger partial charge < -0.3 is 10.4 Å². The quantitative estimate of drug-likeness (QED) is 0.871. The molecular weight excluding hydrogens is 330 g/mol. The molecule has 0 heterocycles. The molecule has 0 aliphatic heterocycles. The summed E-state index contributed by atoms with van der Waals surface area (Å²) in [5.41, 5.74) is 1.10. The fourth-order valence-corrected chi connectivity index (χ4v) is 3.11. The molecule has 19 heavy (non-hydrogen) atoms. The van der Waals surface area contributed by atoms with Gasteiger partial charge in [0.05, 0.1) is 5.92 Å². The van der Waals surface area contributed by atoms with Crippen LogP contribution in [0.1, 0.15) is 31.2 Å². The van der Waals surface area contributed by atoms with Crippen LogP contribution in [0.4, 0.5) is 0 Å². The highest BCUT2D eigenvalue weighted by Crippen LogP contribution is 2.26. The second kappa shape index (κ2) is 6.73. The van der Waals surface area contributed by atoms with Gasteiger partial charge in [0.25, 0.3) is 0 Å². The lowest BCUT2D eigenvalue weighted by Gasteiger charge is -2.27. The number of benzene rings is 1. The average Bonchev–Trinajstić information content (AvgIpc) is 2.40. The molecule has 0 saturated heterocycles. The van der Waals surface area contributed by atoms with Crippen molar-refractivity contribution in [3.8, 4) is 0 Å². The van der Waals surface area contributed by atoms with Crippen LogP contribution in [0.25, 0.3) is 0 Å². The second-order valence-corrected chi connectivity index (χ2v) is 6.31. The number of carboxylic acid groups (broad SMARTS) is 1. The van der Waals surface area contributed by atoms with E-state index in [1.165, 1.54) is 0 Å². The Labute approximate surface area is 126 Å². The summed E-state index contributed by atoms with van der Waals surface area (Å²) in [4.78, 5) is 11.0. The Hall–Kier alpha value is -0.580. The molecule has 2 N–H and O–H groups in total. The summed E-state index contributed by atoms with van der Waals surface area (Å²) in [6.07, 6.45) is 3.54. The van der Waals surface area contributed by atoms with Gasteiger partial charge in [-0.3, -0.25) is 4.79 Å². The molecule has 0 radical (unpaired) electrons. The number of halogens is 2. The SMILES string of the molecule is O=C(O)C1CCCC(NCc2cc(Cl)ccc2Br)C1. The molecule has 3 nitrogen and oxygen atoms in total. The molecule has 0 spiro atoms. The Morgan fingerprint density at radius 2 is 2.26 bits per heavy atom. The Kier molecular flexibility index (Phi) is 5.25. The van der Waals surface area contributed by atoms with Crippen LogP contribution >= 0.6 is 27.5 Å². The van der Waals surface area contributed by atoms with E-state index in [1.807, 2.05) is 18.2 Å². The van der Waals surface area contributed by atoms with E-state index in [-0.39, 0.29) is 12.0 Å². The Morgan fingerprint density at radius 3 is 3.00 bits per heavy atom. The monoisotopic (exact) mass is 345 g/mol. The average molecular weight is 347 g/mol. The molecule has 1 fully saturated rings. The number of hydrogen-bond donors (Lipinski definition) is 2. The van der Waals surface area contributed by atoms with E-state index in [0.717, 1.165) is 29.3 Å². The summed E-state index contributed by atoms with van der Waals surface area (Å²) in [6, 6.07) is 5.98. The summed E-state index contributed by atoms with van der Waals surface area (Å²) in [5.74, 6) is -0.871. The van der Waals surface area contributed by atoms with Crippen LogP contribution in [-0.2, 0) is 11.3 Å². The van der Waals surface area contributed by atoms with Gasteiger partial charge in [-0.1, -0.05) is 34.0 Å². The van der Waals surface area contributed by atoms with Gasteiger partial charge in [0.2, 0.25) is 0 Å². The molecule has 1 aliphatic carbocycles. The topological polar surface area (TPSA) is 49.3 Å². The molecule has 0 aromatic heterocycles. The van der Waals surface area contributed by atoms with Crippen molar-refractivity contribution in [2.24, 2.45) is 5.92 Å². The maximum atomic E-state index is 11.0. The number of nitrogens with one attached hydrogen (secondary N) is 1. The van der Waals surface area contributed by atoms with Crippen LogP contribution in [0.5, 0.6) is 0 Å². The summed E-state index contributed by atoms with van der Waals surface area (Å²) in [5, 5.41) is 13.2. The van der Waals surface area contributed by atoms with Crippen molar-refractivity contribution in [1.82, 2.24) is 5.32 Å². The van der Waals surface area contributed by atoms with Gasteiger partial charge in [0, 0.05) is 22.1 Å². The first-order valence-corrected chi connectivity index (χ1v) is 7.63. The molecule has 104 valence electrons. The zero-order valence-electron chi connectivity index (χ0n) is 10.5. The van der Waals surface area contributed by atoms with E-state index in [1.54, 1.807) is 0 Å². The standard InChI is InChI=1S/C14H17BrClNO2/c15-13-5-4-11(16)6-10(13)8-17-12-3-1-2-9(7-12)14(18)19/h4-6,9,12,17H,1-3,7-8H2,(H,18,19). The van der Waals surface area contributed by atoms with Gasteiger partial charge >= 0.3 is 5.97 Å². The maximum Gasteiger partial charge on any atom is 0.306 e. The van der Waals surface area contributed by atoms with Crippen molar-refractivity contribution in [1.29, 1.82) is 0 Å². The third-order valence-electron chi connectivity index (χ3n) is 3.61. The molecular formula is C14H17BrClNO2. The molecule has 2 unspecified atom stereocenters. The van der Waals surface area contributed by atoms with E-state index in [9.17, 15) is 4.79 Å². The van der Waals surface area contributed by atoms with Gasteiger partial charge in [0.1, 0.15) is 0 Å². The van der Waals surface area contributed by atoms with E-state index in [2.05, 4.69) is 21.2 Å². The molecule has 2 rings (SSSR count). The minimum absolute atomic E-state index is 0.200. The summed E-state index contributed by atoms with van der Waals surface area (Å²) in [7, 11) is 0. The van der Waals surface area contributed by atoms with Crippen molar-refractivity contribution in [2.45, 2.75) is 38.3 Å². The van der Waals surface area contributed by atoms with Gasteiger partial charge in [-0.05, 0) is 43.0 Å². The molecule has 0 amide bonds. The smallest absolute Gasteiger partial charge is 0.306 e. The molecule has 1 aromatic rings. The molecule has 0 bridgehead atoms. The number of rotatable bonds is 4. The van der Waals surface area contributed by atoms with Gasteiger partial charge in [-0.15, -0.1) is 0 Å². The largest absolute Gasteiger partial charge is 0.481 e. The van der Waals surface area contributed by atoms with E-state index in [4.69, 9.17) is 16.7 Å². The minimum atomic E-state index is -0.671. The fraction of sp³-hybridized carbons (Fsp3) is 0.500. The van der Waals surface area contributed by atoms with Gasteiger partial charge in [-0.25, -0.2) is 0 Å². The highest BCUT2D eigenvalue weighted by atomic mass is 79.9. The molecule has 1 aromatic carbocycles. The zero-order chi connectivity index (χ0) is 13.8. The Balaban J connectivity index is 1.91. The van der Waals surface area contributed by atoms with E-state index in [0.29, 0.717) is 18.0 Å². The predicted octanol–water partition coefficient (Wildman–Crippen LogP) is 3.84. The highest BCUT2D eigenvalue weighted by Gasteiger charge is 2.26. The van der Waals surface area contributed by atoms with Crippen LogP contribution in [0, 0.1) is 5.92 Å². The first-order chi connectivity index (χ1) is 9.06. The first kappa shape index (κ1) is 14.8. The summed E-state index contributed by atoms with van der Waals surface area (Å²) >= 11 is 9.47. The molecule has 5 heteroatoms. The van der Waals surface area contributed by atoms with Crippen molar-refractivity contribution in [2.75, 3.05) is 0 Å². The number of aliphatic carboxylic acids is 1. The summed E-state index contributed by atoms with van der Waals surface area (Å²) in [6.45, 7) is 0.706. The van der Waals surface area contributed by atoms with Crippen molar-refractivity contribution in [3.05, 3.63) is 33.3 Å². The number of hydrogen-bond acceptors (Lipinski definition) is 2. The molecule has 1 aliphatic rings.